The third kappa shape index (κ3) is 2.21. The van der Waals surface area contributed by atoms with Gasteiger partial charge in [0.25, 0.3) is 10.0 Å². The molecule has 2 aromatic rings. The van der Waals surface area contributed by atoms with Crippen molar-refractivity contribution in [2.45, 2.75) is 11.4 Å². The molecule has 0 amide bonds. The summed E-state index contributed by atoms with van der Waals surface area (Å²) in [6.45, 7) is 2.30. The van der Waals surface area contributed by atoms with Crippen molar-refractivity contribution in [2.75, 3.05) is 13.1 Å². The van der Waals surface area contributed by atoms with E-state index in [-0.39, 0.29) is 0 Å². The predicted octanol–water partition coefficient (Wildman–Crippen LogP) is 1.62. The monoisotopic (exact) mass is 336 g/mol. The highest BCUT2D eigenvalue weighted by atomic mass is 35.5. The second-order valence-electron chi connectivity index (χ2n) is 5.54. The molecular weight excluding hydrogens is 324 g/mol. The van der Waals surface area contributed by atoms with Crippen LogP contribution in [-0.4, -0.2) is 42.0 Å². The number of sulfonamides is 1. The van der Waals surface area contributed by atoms with E-state index in [0.717, 1.165) is 19.6 Å². The molecule has 2 aliphatic rings. The Morgan fingerprint density at radius 2 is 2.05 bits per heavy atom. The number of benzene rings is 1. The summed E-state index contributed by atoms with van der Waals surface area (Å²) in [5.74, 6) is 0.972. The van der Waals surface area contributed by atoms with Gasteiger partial charge in [-0.3, -0.25) is 4.68 Å². The molecule has 6 nitrogen and oxygen atoms in total. The summed E-state index contributed by atoms with van der Waals surface area (Å²) in [4.78, 5) is 2.30. The molecule has 114 valence electrons. The van der Waals surface area contributed by atoms with Crippen LogP contribution in [0, 0.1) is 5.92 Å². The van der Waals surface area contributed by atoms with E-state index < -0.39 is 10.0 Å². The van der Waals surface area contributed by atoms with Gasteiger partial charge in [0.1, 0.15) is 4.90 Å². The maximum absolute atomic E-state index is 12.0. The summed E-state index contributed by atoms with van der Waals surface area (Å²) in [7, 11) is -3.54. The van der Waals surface area contributed by atoms with Crippen LogP contribution in [-0.2, 0) is 16.6 Å². The molecule has 0 saturated carbocycles. The van der Waals surface area contributed by atoms with Gasteiger partial charge in [0, 0.05) is 37.3 Å². The number of rotatable bonds is 2. The van der Waals surface area contributed by atoms with E-state index in [1.807, 2.05) is 15.6 Å². The van der Waals surface area contributed by atoms with E-state index in [0.29, 0.717) is 27.2 Å². The molecule has 0 spiro atoms. The van der Waals surface area contributed by atoms with E-state index in [1.54, 1.807) is 30.6 Å². The molecule has 0 N–H and O–H groups in total. The lowest BCUT2D eigenvalue weighted by Crippen LogP contribution is -2.51. The first-order valence-corrected chi connectivity index (χ1v) is 8.72. The molecule has 1 saturated heterocycles. The minimum atomic E-state index is -3.54. The van der Waals surface area contributed by atoms with Gasteiger partial charge in [-0.05, 0) is 12.1 Å². The van der Waals surface area contributed by atoms with Crippen molar-refractivity contribution < 1.29 is 8.42 Å². The van der Waals surface area contributed by atoms with Crippen molar-refractivity contribution in [3.05, 3.63) is 47.2 Å². The zero-order chi connectivity index (χ0) is 15.3. The molecule has 8 heteroatoms. The number of hydrogen-bond donors (Lipinski definition) is 0. The predicted molar refractivity (Wildman–Crippen MR) is 82.5 cm³/mol. The smallest absolute Gasteiger partial charge is 0.285 e. The zero-order valence-electron chi connectivity index (χ0n) is 11.6. The Hall–Kier alpha value is -1.86. The number of hydrogen-bond acceptors (Lipinski definition) is 4. The Labute approximate surface area is 133 Å². The van der Waals surface area contributed by atoms with Gasteiger partial charge in [0.2, 0.25) is 0 Å². The maximum atomic E-state index is 12.0. The van der Waals surface area contributed by atoms with E-state index in [4.69, 9.17) is 11.6 Å². The average molecular weight is 337 g/mol. The first-order valence-electron chi connectivity index (χ1n) is 6.90. The molecule has 2 aliphatic heterocycles. The summed E-state index contributed by atoms with van der Waals surface area (Å²) in [5, 5.41) is 4.78. The van der Waals surface area contributed by atoms with Gasteiger partial charge in [0.05, 0.1) is 11.2 Å². The fraction of sp³-hybridized carbons (Fsp3) is 0.286. The number of halogens is 1. The van der Waals surface area contributed by atoms with E-state index in [9.17, 15) is 8.42 Å². The van der Waals surface area contributed by atoms with Gasteiger partial charge >= 0.3 is 0 Å². The summed E-state index contributed by atoms with van der Waals surface area (Å²) in [6.07, 6.45) is 3.40. The summed E-state index contributed by atoms with van der Waals surface area (Å²) in [6, 6.07) is 6.96. The SMILES string of the molecule is O=S1(=O)N=C(N2CC(Cn3cc(Cl)cn3)C2)c2ccccc21. The van der Waals surface area contributed by atoms with Crippen LogP contribution in [0.5, 0.6) is 0 Å². The second-order valence-corrected chi connectivity index (χ2v) is 7.55. The van der Waals surface area contributed by atoms with E-state index >= 15 is 0 Å². The minimum absolute atomic E-state index is 0.298. The molecule has 22 heavy (non-hydrogen) atoms. The minimum Gasteiger partial charge on any atom is -0.355 e. The van der Waals surface area contributed by atoms with Crippen LogP contribution in [0.1, 0.15) is 5.56 Å². The first-order chi connectivity index (χ1) is 10.5. The molecule has 0 bridgehead atoms. The van der Waals surface area contributed by atoms with Crippen LogP contribution in [0.2, 0.25) is 5.02 Å². The number of aromatic nitrogens is 2. The Bertz CT molecular complexity index is 868. The molecule has 0 atom stereocenters. The van der Waals surface area contributed by atoms with Crippen molar-refractivity contribution in [1.82, 2.24) is 14.7 Å². The summed E-state index contributed by atoms with van der Waals surface area (Å²) >= 11 is 5.85. The van der Waals surface area contributed by atoms with Crippen molar-refractivity contribution in [3.8, 4) is 0 Å². The van der Waals surface area contributed by atoms with Crippen LogP contribution < -0.4 is 0 Å². The number of nitrogens with zero attached hydrogens (tertiary/aromatic N) is 4. The Balaban J connectivity index is 1.50. The van der Waals surface area contributed by atoms with Crippen LogP contribution >= 0.6 is 11.6 Å². The number of likely N-dealkylation sites (tertiary alicyclic amines) is 1. The Morgan fingerprint density at radius 3 is 2.77 bits per heavy atom. The van der Waals surface area contributed by atoms with Gasteiger partial charge < -0.3 is 4.90 Å². The van der Waals surface area contributed by atoms with Crippen LogP contribution in [0.25, 0.3) is 0 Å². The maximum Gasteiger partial charge on any atom is 0.285 e. The molecule has 1 aromatic heterocycles. The van der Waals surface area contributed by atoms with Gasteiger partial charge in [-0.15, -0.1) is 4.40 Å². The lowest BCUT2D eigenvalue weighted by Gasteiger charge is -2.40. The van der Waals surface area contributed by atoms with Crippen LogP contribution in [0.4, 0.5) is 0 Å². The van der Waals surface area contributed by atoms with Crippen LogP contribution in [0.15, 0.2) is 46.0 Å². The highest BCUT2D eigenvalue weighted by Crippen LogP contribution is 2.31. The number of amidine groups is 1. The fourth-order valence-electron chi connectivity index (χ4n) is 2.88. The second kappa shape index (κ2) is 4.82. The van der Waals surface area contributed by atoms with Gasteiger partial charge in [-0.1, -0.05) is 23.7 Å². The first kappa shape index (κ1) is 13.8. The molecule has 0 unspecified atom stereocenters. The topological polar surface area (TPSA) is 67.6 Å². The highest BCUT2D eigenvalue weighted by Gasteiger charge is 2.37. The number of fused-ring (bicyclic) bond motifs is 1. The van der Waals surface area contributed by atoms with Crippen LogP contribution in [0.3, 0.4) is 0 Å². The third-order valence-electron chi connectivity index (χ3n) is 3.92. The normalized spacial score (nSPS) is 19.7. The van der Waals surface area contributed by atoms with E-state index in [2.05, 4.69) is 9.50 Å². The van der Waals surface area contributed by atoms with Crippen molar-refractivity contribution in [3.63, 3.8) is 0 Å². The molecule has 0 aliphatic carbocycles. The summed E-state index contributed by atoms with van der Waals surface area (Å²) < 4.78 is 29.8. The van der Waals surface area contributed by atoms with Crippen molar-refractivity contribution >= 4 is 27.5 Å². The van der Waals surface area contributed by atoms with Gasteiger partial charge in [-0.25, -0.2) is 0 Å². The van der Waals surface area contributed by atoms with Crippen molar-refractivity contribution in [2.24, 2.45) is 10.3 Å². The summed E-state index contributed by atoms with van der Waals surface area (Å²) in [5.41, 5.74) is 0.697. The highest BCUT2D eigenvalue weighted by molar-refractivity contribution is 7.90. The van der Waals surface area contributed by atoms with Gasteiger partial charge in [-0.2, -0.15) is 13.5 Å². The van der Waals surface area contributed by atoms with Crippen molar-refractivity contribution in [1.29, 1.82) is 0 Å². The molecular formula is C14H13ClN4O2S. The standard InChI is InChI=1S/C14H13ClN4O2S/c15-11-5-16-19(9-11)8-10-6-18(7-10)14-12-3-1-2-4-13(12)22(20,21)17-14/h1-5,9-10H,6-8H2. The zero-order valence-corrected chi connectivity index (χ0v) is 13.1. The third-order valence-corrected chi connectivity index (χ3v) is 5.44. The van der Waals surface area contributed by atoms with Gasteiger partial charge in [0.15, 0.2) is 5.84 Å². The molecule has 1 fully saturated rings. The fourth-order valence-corrected chi connectivity index (χ4v) is 4.26. The molecule has 3 heterocycles. The quantitative estimate of drug-likeness (QED) is 0.835. The molecule has 4 rings (SSSR count). The Kier molecular flexibility index (Phi) is 3.02. The Morgan fingerprint density at radius 1 is 1.27 bits per heavy atom. The van der Waals surface area contributed by atoms with E-state index in [1.165, 1.54) is 0 Å². The molecule has 0 radical (unpaired) electrons. The lowest BCUT2D eigenvalue weighted by molar-refractivity contribution is 0.164. The molecule has 1 aromatic carbocycles. The lowest BCUT2D eigenvalue weighted by atomic mass is 9.98. The average Bonchev–Trinajstić information content (AvgIpc) is 2.96. The largest absolute Gasteiger partial charge is 0.355 e.